The highest BCUT2D eigenvalue weighted by atomic mass is 79.9. The molecule has 2 aromatic carbocycles. The summed E-state index contributed by atoms with van der Waals surface area (Å²) in [6.45, 7) is 2.53. The standard InChI is InChI=1S/C15H14BrNO2/c1-10-2-4-11(5-3-10)9-19-14-7-6-12(15(17)18)8-13(14)16/h2-8H,9H2,1H3,(H2,17,18). The van der Waals surface area contributed by atoms with Crippen molar-refractivity contribution in [3.05, 3.63) is 63.6 Å². The zero-order chi connectivity index (χ0) is 13.8. The predicted octanol–water partition coefficient (Wildman–Crippen LogP) is 3.44. The molecular weight excluding hydrogens is 306 g/mol. The summed E-state index contributed by atoms with van der Waals surface area (Å²) in [4.78, 5) is 11.0. The highest BCUT2D eigenvalue weighted by Gasteiger charge is 2.06. The third kappa shape index (κ3) is 3.58. The Kier molecular flexibility index (Phi) is 4.22. The van der Waals surface area contributed by atoms with Gasteiger partial charge in [-0.15, -0.1) is 0 Å². The molecule has 4 heteroatoms. The van der Waals surface area contributed by atoms with Crippen LogP contribution in [0, 0.1) is 6.92 Å². The predicted molar refractivity (Wildman–Crippen MR) is 78.2 cm³/mol. The van der Waals surface area contributed by atoms with Crippen molar-refractivity contribution in [3.63, 3.8) is 0 Å². The van der Waals surface area contributed by atoms with Crippen LogP contribution in [0.2, 0.25) is 0 Å². The minimum atomic E-state index is -0.453. The van der Waals surface area contributed by atoms with Crippen molar-refractivity contribution in [1.29, 1.82) is 0 Å². The van der Waals surface area contributed by atoms with Gasteiger partial charge < -0.3 is 10.5 Å². The molecule has 1 amide bonds. The van der Waals surface area contributed by atoms with E-state index >= 15 is 0 Å². The van der Waals surface area contributed by atoms with Gasteiger partial charge in [-0.2, -0.15) is 0 Å². The third-order valence-electron chi connectivity index (χ3n) is 2.73. The highest BCUT2D eigenvalue weighted by Crippen LogP contribution is 2.26. The molecule has 0 atom stereocenters. The summed E-state index contributed by atoms with van der Waals surface area (Å²) in [7, 11) is 0. The maximum Gasteiger partial charge on any atom is 0.248 e. The molecule has 2 N–H and O–H groups in total. The summed E-state index contributed by atoms with van der Waals surface area (Å²) in [6, 6.07) is 13.2. The second-order valence-corrected chi connectivity index (χ2v) is 5.14. The fourth-order valence-corrected chi connectivity index (χ4v) is 2.11. The quantitative estimate of drug-likeness (QED) is 0.938. The zero-order valence-electron chi connectivity index (χ0n) is 10.5. The van der Waals surface area contributed by atoms with E-state index in [1.807, 2.05) is 31.2 Å². The number of ether oxygens (including phenoxy) is 1. The average Bonchev–Trinajstić information content (AvgIpc) is 2.39. The number of carbonyl (C=O) groups excluding carboxylic acids is 1. The van der Waals surface area contributed by atoms with Crippen molar-refractivity contribution in [3.8, 4) is 5.75 Å². The number of halogens is 1. The van der Waals surface area contributed by atoms with Crippen molar-refractivity contribution in [2.24, 2.45) is 5.73 Å². The molecule has 0 aliphatic rings. The molecule has 3 nitrogen and oxygen atoms in total. The van der Waals surface area contributed by atoms with E-state index in [0.717, 1.165) is 10.0 Å². The molecule has 0 saturated carbocycles. The maximum absolute atomic E-state index is 11.0. The Morgan fingerprint density at radius 2 is 1.89 bits per heavy atom. The van der Waals surface area contributed by atoms with E-state index in [1.54, 1.807) is 18.2 Å². The summed E-state index contributed by atoms with van der Waals surface area (Å²) >= 11 is 3.37. The van der Waals surface area contributed by atoms with Crippen LogP contribution < -0.4 is 10.5 Å². The number of hydrogen-bond acceptors (Lipinski definition) is 2. The topological polar surface area (TPSA) is 52.3 Å². The van der Waals surface area contributed by atoms with Gasteiger partial charge >= 0.3 is 0 Å². The molecule has 0 spiro atoms. The fraction of sp³-hybridized carbons (Fsp3) is 0.133. The second kappa shape index (κ2) is 5.89. The number of amides is 1. The molecular formula is C15H14BrNO2. The molecule has 0 aromatic heterocycles. The van der Waals surface area contributed by atoms with Gasteiger partial charge in [-0.25, -0.2) is 0 Å². The number of nitrogens with two attached hydrogens (primary N) is 1. The van der Waals surface area contributed by atoms with Crippen molar-refractivity contribution in [2.45, 2.75) is 13.5 Å². The first-order chi connectivity index (χ1) is 9.06. The van der Waals surface area contributed by atoms with E-state index in [0.29, 0.717) is 17.9 Å². The van der Waals surface area contributed by atoms with E-state index in [2.05, 4.69) is 15.9 Å². The smallest absolute Gasteiger partial charge is 0.248 e. The largest absolute Gasteiger partial charge is 0.488 e. The Hall–Kier alpha value is -1.81. The van der Waals surface area contributed by atoms with Gasteiger partial charge in [-0.3, -0.25) is 4.79 Å². The monoisotopic (exact) mass is 319 g/mol. The normalized spacial score (nSPS) is 10.2. The molecule has 0 unspecified atom stereocenters. The van der Waals surface area contributed by atoms with E-state index in [-0.39, 0.29) is 0 Å². The Labute approximate surface area is 120 Å². The first kappa shape index (κ1) is 13.6. The van der Waals surface area contributed by atoms with Crippen LogP contribution in [0.4, 0.5) is 0 Å². The SMILES string of the molecule is Cc1ccc(COc2ccc(C(N)=O)cc2Br)cc1. The minimum absolute atomic E-state index is 0.453. The molecule has 19 heavy (non-hydrogen) atoms. The maximum atomic E-state index is 11.0. The molecule has 0 aliphatic carbocycles. The van der Waals surface area contributed by atoms with E-state index in [9.17, 15) is 4.79 Å². The van der Waals surface area contributed by atoms with Crippen LogP contribution in [0.5, 0.6) is 5.75 Å². The Morgan fingerprint density at radius 3 is 2.47 bits per heavy atom. The first-order valence-electron chi connectivity index (χ1n) is 5.84. The highest BCUT2D eigenvalue weighted by molar-refractivity contribution is 9.10. The number of benzene rings is 2. The van der Waals surface area contributed by atoms with Gasteiger partial charge in [0, 0.05) is 5.56 Å². The summed E-state index contributed by atoms with van der Waals surface area (Å²) in [6.07, 6.45) is 0. The molecule has 2 rings (SSSR count). The van der Waals surface area contributed by atoms with Gasteiger partial charge in [-0.1, -0.05) is 29.8 Å². The van der Waals surface area contributed by atoms with Crippen LogP contribution in [-0.4, -0.2) is 5.91 Å². The molecule has 0 heterocycles. The third-order valence-corrected chi connectivity index (χ3v) is 3.35. The minimum Gasteiger partial charge on any atom is -0.488 e. The average molecular weight is 320 g/mol. The molecule has 0 bridgehead atoms. The van der Waals surface area contributed by atoms with Gasteiger partial charge in [0.2, 0.25) is 5.91 Å². The lowest BCUT2D eigenvalue weighted by Crippen LogP contribution is -2.10. The van der Waals surface area contributed by atoms with Crippen LogP contribution in [0.1, 0.15) is 21.5 Å². The molecule has 0 fully saturated rings. The number of aryl methyl sites for hydroxylation is 1. The fourth-order valence-electron chi connectivity index (χ4n) is 1.62. The summed E-state index contributed by atoms with van der Waals surface area (Å²) in [5, 5.41) is 0. The summed E-state index contributed by atoms with van der Waals surface area (Å²) < 4.78 is 6.42. The molecule has 0 radical (unpaired) electrons. The molecule has 0 saturated heterocycles. The lowest BCUT2D eigenvalue weighted by molar-refractivity contribution is 0.1000. The molecule has 98 valence electrons. The van der Waals surface area contributed by atoms with Crippen LogP contribution in [0.15, 0.2) is 46.9 Å². The van der Waals surface area contributed by atoms with Crippen molar-refractivity contribution in [2.75, 3.05) is 0 Å². The lowest BCUT2D eigenvalue weighted by Gasteiger charge is -2.09. The van der Waals surface area contributed by atoms with Gasteiger partial charge in [0.15, 0.2) is 0 Å². The number of hydrogen-bond donors (Lipinski definition) is 1. The van der Waals surface area contributed by atoms with Crippen LogP contribution >= 0.6 is 15.9 Å². The first-order valence-corrected chi connectivity index (χ1v) is 6.63. The van der Waals surface area contributed by atoms with Crippen molar-refractivity contribution >= 4 is 21.8 Å². The van der Waals surface area contributed by atoms with E-state index in [1.165, 1.54) is 5.56 Å². The van der Waals surface area contributed by atoms with E-state index in [4.69, 9.17) is 10.5 Å². The van der Waals surface area contributed by atoms with E-state index < -0.39 is 5.91 Å². The van der Waals surface area contributed by atoms with Crippen LogP contribution in [0.25, 0.3) is 0 Å². The lowest BCUT2D eigenvalue weighted by atomic mass is 10.2. The summed E-state index contributed by atoms with van der Waals surface area (Å²) in [5.74, 6) is 0.233. The molecule has 0 aliphatic heterocycles. The van der Waals surface area contributed by atoms with Crippen LogP contribution in [0.3, 0.4) is 0 Å². The Bertz CT molecular complexity index is 594. The number of rotatable bonds is 4. The number of primary amides is 1. The Balaban J connectivity index is 2.07. The number of carbonyl (C=O) groups is 1. The Morgan fingerprint density at radius 1 is 1.21 bits per heavy atom. The van der Waals surface area contributed by atoms with Gasteiger partial charge in [0.05, 0.1) is 4.47 Å². The van der Waals surface area contributed by atoms with Gasteiger partial charge in [-0.05, 0) is 46.6 Å². The van der Waals surface area contributed by atoms with Crippen molar-refractivity contribution < 1.29 is 9.53 Å². The van der Waals surface area contributed by atoms with Crippen LogP contribution in [-0.2, 0) is 6.61 Å². The molecule has 2 aromatic rings. The second-order valence-electron chi connectivity index (χ2n) is 4.28. The van der Waals surface area contributed by atoms with Crippen molar-refractivity contribution in [1.82, 2.24) is 0 Å². The van der Waals surface area contributed by atoms with Gasteiger partial charge in [0.25, 0.3) is 0 Å². The zero-order valence-corrected chi connectivity index (χ0v) is 12.1. The van der Waals surface area contributed by atoms with Gasteiger partial charge in [0.1, 0.15) is 12.4 Å². The summed E-state index contributed by atoms with van der Waals surface area (Å²) in [5.41, 5.74) is 7.98.